The van der Waals surface area contributed by atoms with Crippen molar-refractivity contribution in [3.8, 4) is 11.5 Å². The van der Waals surface area contributed by atoms with E-state index in [1.165, 1.54) is 29.2 Å². The standard InChI is InChI=1S/C47H55ClN8O4S/c1-4-53-19-15-32(16-20-53)29-50-42-12-10-39(27-43(42)56(58)59)61-52-46(57)40-11-9-37(26-44(40)60-38-25-34-14-18-49-45(34)51-30-38)55-23-21-54(22-24-55)31-35-13-17-47(2,3)28-41(35)33-5-7-36(48)8-6-33/h5-12,14,18,25-27,30,32,50H,4,13,15-17,19-24,28-29,31H2,1-3H3,(H,49,51)(H,52,57). The predicted octanol–water partition coefficient (Wildman–Crippen LogP) is 10.3. The number of piperazine rings is 1. The zero-order chi connectivity index (χ0) is 42.5. The van der Waals surface area contributed by atoms with Crippen LogP contribution < -0.4 is 19.7 Å². The molecule has 2 saturated heterocycles. The normalized spacial score (nSPS) is 17.7. The van der Waals surface area contributed by atoms with Crippen LogP contribution in [0.1, 0.15) is 68.8 Å². The smallest absolute Gasteiger partial charge is 0.293 e. The highest BCUT2D eigenvalue weighted by molar-refractivity contribution is 7.98. The van der Waals surface area contributed by atoms with E-state index < -0.39 is 0 Å². The maximum Gasteiger partial charge on any atom is 0.293 e. The van der Waals surface area contributed by atoms with Crippen LogP contribution in [0.25, 0.3) is 16.6 Å². The van der Waals surface area contributed by atoms with Crippen LogP contribution in [0.15, 0.2) is 95.7 Å². The number of aromatic amines is 1. The third kappa shape index (κ3) is 10.5. The van der Waals surface area contributed by atoms with Crippen LogP contribution in [0.5, 0.6) is 11.5 Å². The Morgan fingerprint density at radius 3 is 2.54 bits per heavy atom. The molecule has 3 aromatic carbocycles. The van der Waals surface area contributed by atoms with Crippen molar-refractivity contribution in [3.05, 3.63) is 117 Å². The van der Waals surface area contributed by atoms with E-state index in [2.05, 4.69) is 67.6 Å². The number of carbonyl (C=O) groups excluding carboxylic acids is 1. The Labute approximate surface area is 367 Å². The maximum atomic E-state index is 13.9. The number of halogens is 1. The average molecular weight is 864 g/mol. The molecule has 0 unspecified atom stereocenters. The average Bonchev–Trinajstić information content (AvgIpc) is 3.74. The molecular formula is C47H55ClN8O4S. The first-order chi connectivity index (χ1) is 29.5. The Morgan fingerprint density at radius 1 is 1.00 bits per heavy atom. The van der Waals surface area contributed by atoms with Crippen molar-refractivity contribution in [3.63, 3.8) is 0 Å². The number of nitro benzene ring substituents is 1. The van der Waals surface area contributed by atoms with Gasteiger partial charge in [0.25, 0.3) is 11.6 Å². The highest BCUT2D eigenvalue weighted by atomic mass is 35.5. The van der Waals surface area contributed by atoms with Gasteiger partial charge in [-0.2, -0.15) is 0 Å². The fraction of sp³-hybridized carbons (Fsp3) is 0.404. The summed E-state index contributed by atoms with van der Waals surface area (Å²) in [6.45, 7) is 15.2. The summed E-state index contributed by atoms with van der Waals surface area (Å²) in [5.74, 6) is 0.991. The number of aromatic nitrogens is 2. The number of amides is 1. The number of hydrogen-bond acceptors (Lipinski definition) is 10. The first kappa shape index (κ1) is 42.6. The lowest BCUT2D eigenvalue weighted by Crippen LogP contribution is -2.47. The fourth-order valence-corrected chi connectivity index (χ4v) is 9.53. The van der Waals surface area contributed by atoms with E-state index in [1.807, 2.05) is 42.6 Å². The van der Waals surface area contributed by atoms with Crippen LogP contribution in [0.2, 0.25) is 5.02 Å². The van der Waals surface area contributed by atoms with Crippen molar-refractivity contribution in [2.45, 2.75) is 57.8 Å². The van der Waals surface area contributed by atoms with Gasteiger partial charge < -0.3 is 24.8 Å². The molecule has 5 aromatic rings. The lowest BCUT2D eigenvalue weighted by atomic mass is 9.72. The highest BCUT2D eigenvalue weighted by Gasteiger charge is 2.30. The zero-order valence-electron chi connectivity index (χ0n) is 35.2. The molecule has 8 rings (SSSR count). The Hall–Kier alpha value is -5.08. The quantitative estimate of drug-likeness (QED) is 0.0563. The van der Waals surface area contributed by atoms with Crippen molar-refractivity contribution in [1.82, 2.24) is 24.5 Å². The second-order valence-electron chi connectivity index (χ2n) is 17.3. The second kappa shape index (κ2) is 18.9. The lowest BCUT2D eigenvalue weighted by Gasteiger charge is -2.39. The molecule has 4 heterocycles. The van der Waals surface area contributed by atoms with E-state index in [0.717, 1.165) is 112 Å². The molecule has 3 aliphatic rings. The molecule has 0 atom stereocenters. The van der Waals surface area contributed by atoms with Gasteiger partial charge in [0.2, 0.25) is 0 Å². The molecule has 0 spiro atoms. The Balaban J connectivity index is 0.954. The summed E-state index contributed by atoms with van der Waals surface area (Å²) in [5, 5.41) is 17.1. The fourth-order valence-electron chi connectivity index (χ4n) is 8.78. The number of H-pyrrole nitrogens is 1. The molecule has 1 aliphatic carbocycles. The molecule has 2 aromatic heterocycles. The number of nitro groups is 1. The molecule has 2 aliphatic heterocycles. The summed E-state index contributed by atoms with van der Waals surface area (Å²) in [6, 6.07) is 22.8. The summed E-state index contributed by atoms with van der Waals surface area (Å²) in [4.78, 5) is 41.2. The SMILES string of the molecule is CCN1CCC(CNc2ccc(SNC(=O)c3ccc(N4CCN(CC5=C(c6ccc(Cl)cc6)CC(C)(C)CC5)CC4)cc3Oc3cnc4[nH]ccc4c3)cc2[N+](=O)[O-])CC1. The number of piperidine rings is 1. The van der Waals surface area contributed by atoms with Gasteiger partial charge in [0.15, 0.2) is 0 Å². The number of pyridine rings is 1. The molecule has 12 nitrogen and oxygen atoms in total. The van der Waals surface area contributed by atoms with Crippen LogP contribution in [0.4, 0.5) is 17.1 Å². The van der Waals surface area contributed by atoms with E-state index in [0.29, 0.717) is 40.1 Å². The summed E-state index contributed by atoms with van der Waals surface area (Å²) < 4.78 is 9.36. The molecule has 0 bridgehead atoms. The van der Waals surface area contributed by atoms with Crippen LogP contribution in [0, 0.1) is 21.4 Å². The number of fused-ring (bicyclic) bond motifs is 1. The van der Waals surface area contributed by atoms with Gasteiger partial charge in [-0.1, -0.05) is 50.1 Å². The summed E-state index contributed by atoms with van der Waals surface area (Å²) >= 11 is 7.30. The molecule has 320 valence electrons. The van der Waals surface area contributed by atoms with E-state index in [-0.39, 0.29) is 21.9 Å². The van der Waals surface area contributed by atoms with Gasteiger partial charge in [-0.3, -0.25) is 24.5 Å². The monoisotopic (exact) mass is 862 g/mol. The number of anilines is 2. The number of nitrogens with one attached hydrogen (secondary N) is 3. The molecule has 0 radical (unpaired) electrons. The number of hydrogen-bond donors (Lipinski definition) is 3. The van der Waals surface area contributed by atoms with Crippen LogP contribution >= 0.6 is 23.5 Å². The number of rotatable bonds is 14. The van der Waals surface area contributed by atoms with Crippen LogP contribution in [-0.4, -0.2) is 89.5 Å². The van der Waals surface area contributed by atoms with Gasteiger partial charge in [0.05, 0.1) is 16.7 Å². The Bertz CT molecular complexity index is 2390. The number of allylic oxidation sites excluding steroid dienone is 1. The maximum absolute atomic E-state index is 13.9. The van der Waals surface area contributed by atoms with Crippen molar-refractivity contribution in [1.29, 1.82) is 0 Å². The minimum Gasteiger partial charge on any atom is -0.455 e. The molecule has 3 N–H and O–H groups in total. The first-order valence-corrected chi connectivity index (χ1v) is 22.6. The predicted molar refractivity (Wildman–Crippen MR) is 247 cm³/mol. The van der Waals surface area contributed by atoms with Gasteiger partial charge in [0, 0.05) is 78.6 Å². The highest BCUT2D eigenvalue weighted by Crippen LogP contribution is 2.43. The number of likely N-dealkylation sites (tertiary alicyclic amines) is 1. The molecule has 0 saturated carbocycles. The molecular weight excluding hydrogens is 808 g/mol. The number of benzene rings is 3. The second-order valence-corrected chi connectivity index (χ2v) is 18.6. The Kier molecular flexibility index (Phi) is 13.2. The lowest BCUT2D eigenvalue weighted by molar-refractivity contribution is -0.384. The molecule has 2 fully saturated rings. The minimum atomic E-state index is -0.379. The molecule has 61 heavy (non-hydrogen) atoms. The topological polar surface area (TPSA) is 132 Å². The first-order valence-electron chi connectivity index (χ1n) is 21.4. The molecule has 14 heteroatoms. The van der Waals surface area contributed by atoms with Crippen LogP contribution in [-0.2, 0) is 0 Å². The van der Waals surface area contributed by atoms with E-state index >= 15 is 0 Å². The molecule has 1 amide bonds. The third-order valence-electron chi connectivity index (χ3n) is 12.5. The summed E-state index contributed by atoms with van der Waals surface area (Å²) in [7, 11) is 0. The summed E-state index contributed by atoms with van der Waals surface area (Å²) in [6.07, 6.45) is 8.93. The number of nitrogens with zero attached hydrogens (tertiary/aromatic N) is 5. The zero-order valence-corrected chi connectivity index (χ0v) is 36.8. The van der Waals surface area contributed by atoms with Gasteiger partial charge in [0.1, 0.15) is 22.8 Å². The van der Waals surface area contributed by atoms with E-state index in [1.54, 1.807) is 24.4 Å². The van der Waals surface area contributed by atoms with Gasteiger partial charge in [-0.15, -0.1) is 0 Å². The van der Waals surface area contributed by atoms with Gasteiger partial charge in [-0.25, -0.2) is 4.98 Å². The van der Waals surface area contributed by atoms with E-state index in [9.17, 15) is 14.9 Å². The number of ether oxygens (including phenoxy) is 1. The van der Waals surface area contributed by atoms with Crippen molar-refractivity contribution in [2.24, 2.45) is 11.3 Å². The third-order valence-corrected chi connectivity index (χ3v) is 13.5. The summed E-state index contributed by atoms with van der Waals surface area (Å²) in [5.41, 5.74) is 7.02. The Morgan fingerprint density at radius 2 is 1.79 bits per heavy atom. The largest absolute Gasteiger partial charge is 0.455 e. The van der Waals surface area contributed by atoms with Crippen LogP contribution in [0.3, 0.4) is 0 Å². The van der Waals surface area contributed by atoms with Gasteiger partial charge >= 0.3 is 0 Å². The van der Waals surface area contributed by atoms with E-state index in [4.69, 9.17) is 16.3 Å². The van der Waals surface area contributed by atoms with Crippen molar-refractivity contribution in [2.75, 3.05) is 69.1 Å². The van der Waals surface area contributed by atoms with Crippen molar-refractivity contribution >= 4 is 63.1 Å². The van der Waals surface area contributed by atoms with Crippen molar-refractivity contribution < 1.29 is 14.5 Å². The minimum absolute atomic E-state index is 0.0206. The number of carbonyl (C=O) groups is 1. The van der Waals surface area contributed by atoms with Gasteiger partial charge in [-0.05, 0) is 135 Å².